The van der Waals surface area contributed by atoms with Gasteiger partial charge in [0.1, 0.15) is 0 Å². The van der Waals surface area contributed by atoms with E-state index in [2.05, 4.69) is 13.8 Å². The van der Waals surface area contributed by atoms with E-state index in [0.29, 0.717) is 6.42 Å². The van der Waals surface area contributed by atoms with Gasteiger partial charge in [-0.05, 0) is 25.2 Å². The fourth-order valence-corrected chi connectivity index (χ4v) is 4.67. The zero-order valence-electron chi connectivity index (χ0n) is 21.0. The lowest BCUT2D eigenvalue weighted by atomic mass is 9.78. The summed E-state index contributed by atoms with van der Waals surface area (Å²) in [6.45, 7) is 6.47. The Bertz CT molecular complexity index is 349. The van der Waals surface area contributed by atoms with Gasteiger partial charge in [0.15, 0.2) is 5.60 Å². The summed E-state index contributed by atoms with van der Waals surface area (Å²) in [5.41, 5.74) is -0.998. The van der Waals surface area contributed by atoms with E-state index in [9.17, 15) is 9.90 Å². The highest BCUT2D eigenvalue weighted by molar-refractivity contribution is 5.77. The smallest absolute Gasteiger partial charge is 0.336 e. The van der Waals surface area contributed by atoms with Crippen LogP contribution in [0.15, 0.2) is 0 Å². The molecule has 4 N–H and O–H groups in total. The predicted molar refractivity (Wildman–Crippen MR) is 131 cm³/mol. The number of hydrogen-bond acceptors (Lipinski definition) is 3. The van der Waals surface area contributed by atoms with Gasteiger partial charge in [-0.15, -0.1) is 0 Å². The molecule has 0 aliphatic carbocycles. The molecule has 4 heteroatoms. The summed E-state index contributed by atoms with van der Waals surface area (Å²) < 4.78 is 5.66. The van der Waals surface area contributed by atoms with Crippen molar-refractivity contribution >= 4 is 5.97 Å². The van der Waals surface area contributed by atoms with Gasteiger partial charge in [-0.2, -0.15) is 0 Å². The third kappa shape index (κ3) is 13.6. The normalized spacial score (nSPS) is 13.2. The van der Waals surface area contributed by atoms with Crippen molar-refractivity contribution in [2.75, 3.05) is 7.11 Å². The number of hydrogen-bond donors (Lipinski definition) is 2. The van der Waals surface area contributed by atoms with Crippen LogP contribution in [0.3, 0.4) is 0 Å². The highest BCUT2D eigenvalue weighted by atomic mass is 16.5. The zero-order valence-corrected chi connectivity index (χ0v) is 21.0. The van der Waals surface area contributed by atoms with Crippen LogP contribution in [0.5, 0.6) is 0 Å². The van der Waals surface area contributed by atoms with Crippen molar-refractivity contribution in [3.8, 4) is 0 Å². The molecule has 0 rings (SSSR count). The Kier molecular flexibility index (Phi) is 22.8. The number of aliphatic carboxylic acids is 1. The van der Waals surface area contributed by atoms with Crippen molar-refractivity contribution in [2.45, 2.75) is 148 Å². The van der Waals surface area contributed by atoms with Gasteiger partial charge in [-0.1, -0.05) is 124 Å². The Hall–Kier alpha value is -0.610. The Morgan fingerprint density at radius 3 is 1.30 bits per heavy atom. The molecule has 0 radical (unpaired) electrons. The lowest BCUT2D eigenvalue weighted by Gasteiger charge is -2.35. The average molecular weight is 430 g/mol. The molecule has 0 amide bonds. The Labute approximate surface area is 188 Å². The molecular formula is C26H55NO3. The largest absolute Gasteiger partial charge is 0.479 e. The van der Waals surface area contributed by atoms with Crippen molar-refractivity contribution in [3.05, 3.63) is 0 Å². The number of methoxy groups -OCH3 is 1. The second kappa shape index (κ2) is 21.6. The summed E-state index contributed by atoms with van der Waals surface area (Å²) in [6.07, 6.45) is 23.2. The summed E-state index contributed by atoms with van der Waals surface area (Å²) >= 11 is 0. The fraction of sp³-hybridized carbons (Fsp3) is 0.962. The molecule has 0 aliphatic rings. The van der Waals surface area contributed by atoms with Gasteiger partial charge < -0.3 is 16.0 Å². The lowest BCUT2D eigenvalue weighted by molar-refractivity contribution is -0.171. The molecule has 0 bridgehead atoms. The summed E-state index contributed by atoms with van der Waals surface area (Å²) in [5, 5.41) is 9.92. The van der Waals surface area contributed by atoms with Crippen LogP contribution in [0, 0.1) is 5.92 Å². The fourth-order valence-electron chi connectivity index (χ4n) is 4.67. The quantitative estimate of drug-likeness (QED) is 0.169. The lowest BCUT2D eigenvalue weighted by Crippen LogP contribution is -2.47. The van der Waals surface area contributed by atoms with Crippen molar-refractivity contribution in [3.63, 3.8) is 0 Å². The molecular weight excluding hydrogens is 374 g/mol. The van der Waals surface area contributed by atoms with Gasteiger partial charge in [0.25, 0.3) is 0 Å². The Morgan fingerprint density at radius 2 is 1.03 bits per heavy atom. The van der Waals surface area contributed by atoms with Gasteiger partial charge in [0.2, 0.25) is 0 Å². The number of carboxylic acids is 1. The van der Waals surface area contributed by atoms with Crippen LogP contribution in [-0.2, 0) is 9.53 Å². The topological polar surface area (TPSA) is 81.5 Å². The first-order chi connectivity index (χ1) is 14.1. The molecule has 182 valence electrons. The maximum atomic E-state index is 12.1. The molecule has 1 unspecified atom stereocenters. The van der Waals surface area contributed by atoms with Crippen LogP contribution < -0.4 is 6.15 Å². The number of rotatable bonds is 22. The number of carbonyl (C=O) groups is 1. The minimum Gasteiger partial charge on any atom is -0.479 e. The molecule has 0 aliphatic heterocycles. The van der Waals surface area contributed by atoms with Crippen molar-refractivity contribution in [1.82, 2.24) is 6.15 Å². The molecule has 1 atom stereocenters. The molecule has 0 spiro atoms. The molecule has 0 saturated carbocycles. The third-order valence-electron chi connectivity index (χ3n) is 6.72. The van der Waals surface area contributed by atoms with E-state index in [-0.39, 0.29) is 12.1 Å². The van der Waals surface area contributed by atoms with E-state index in [1.165, 1.54) is 89.9 Å². The maximum Gasteiger partial charge on any atom is 0.336 e. The predicted octanol–water partition coefficient (Wildman–Crippen LogP) is 8.71. The molecule has 0 saturated heterocycles. The van der Waals surface area contributed by atoms with Crippen LogP contribution in [0.4, 0.5) is 0 Å². The molecule has 0 aromatic carbocycles. The SMILES string of the molecule is CCCCCCCCCCC(CCCCCCCCCC)C(CC)(OC)C(=O)O.N. The zero-order chi connectivity index (χ0) is 21.8. The van der Waals surface area contributed by atoms with Crippen molar-refractivity contribution < 1.29 is 14.6 Å². The highest BCUT2D eigenvalue weighted by Crippen LogP contribution is 2.34. The van der Waals surface area contributed by atoms with Gasteiger partial charge in [-0.25, -0.2) is 4.79 Å². The van der Waals surface area contributed by atoms with Crippen molar-refractivity contribution in [2.24, 2.45) is 5.92 Å². The van der Waals surface area contributed by atoms with E-state index in [0.717, 1.165) is 25.7 Å². The van der Waals surface area contributed by atoms with Crippen LogP contribution in [0.2, 0.25) is 0 Å². The molecule has 30 heavy (non-hydrogen) atoms. The minimum atomic E-state index is -0.998. The van der Waals surface area contributed by atoms with Gasteiger partial charge in [0.05, 0.1) is 0 Å². The summed E-state index contributed by atoms with van der Waals surface area (Å²) in [4.78, 5) is 12.1. The molecule has 0 aromatic heterocycles. The maximum absolute atomic E-state index is 12.1. The summed E-state index contributed by atoms with van der Waals surface area (Å²) in [5.74, 6) is -0.637. The number of ether oxygens (including phenoxy) is 1. The second-order valence-corrected chi connectivity index (χ2v) is 8.98. The Balaban J connectivity index is 0. The first-order valence-electron chi connectivity index (χ1n) is 12.9. The number of carboxylic acid groups (broad SMARTS) is 1. The van der Waals surface area contributed by atoms with Crippen LogP contribution in [0.25, 0.3) is 0 Å². The Morgan fingerprint density at radius 1 is 0.700 bits per heavy atom. The standard InChI is InChI=1S/C26H52O3.H3N/c1-5-8-10-12-14-16-18-20-22-24(26(7-3,29-4)25(27)28)23-21-19-17-15-13-11-9-6-2;/h24H,5-23H2,1-4H3,(H,27,28);1H3. The first kappa shape index (κ1) is 31.6. The first-order valence-corrected chi connectivity index (χ1v) is 12.9. The van der Waals surface area contributed by atoms with Crippen LogP contribution >= 0.6 is 0 Å². The van der Waals surface area contributed by atoms with E-state index < -0.39 is 11.6 Å². The van der Waals surface area contributed by atoms with Gasteiger partial charge >= 0.3 is 5.97 Å². The van der Waals surface area contributed by atoms with E-state index >= 15 is 0 Å². The van der Waals surface area contributed by atoms with Crippen LogP contribution in [-0.4, -0.2) is 23.8 Å². The average Bonchev–Trinajstić information content (AvgIpc) is 2.72. The molecule has 0 aromatic rings. The number of unbranched alkanes of at least 4 members (excludes halogenated alkanes) is 14. The third-order valence-corrected chi connectivity index (χ3v) is 6.72. The monoisotopic (exact) mass is 429 g/mol. The minimum absolute atomic E-state index is 0. The van der Waals surface area contributed by atoms with Gasteiger partial charge in [0, 0.05) is 7.11 Å². The van der Waals surface area contributed by atoms with Crippen LogP contribution in [0.1, 0.15) is 143 Å². The summed E-state index contributed by atoms with van der Waals surface area (Å²) in [7, 11) is 1.59. The van der Waals surface area contributed by atoms with Gasteiger partial charge in [-0.3, -0.25) is 0 Å². The second-order valence-electron chi connectivity index (χ2n) is 8.98. The van der Waals surface area contributed by atoms with Crippen molar-refractivity contribution in [1.29, 1.82) is 0 Å². The van der Waals surface area contributed by atoms with E-state index in [1.54, 1.807) is 7.11 Å². The highest BCUT2D eigenvalue weighted by Gasteiger charge is 2.43. The van der Waals surface area contributed by atoms with E-state index in [1.807, 2.05) is 6.92 Å². The molecule has 0 fully saturated rings. The molecule has 0 heterocycles. The van der Waals surface area contributed by atoms with E-state index in [4.69, 9.17) is 4.74 Å². The molecule has 4 nitrogen and oxygen atoms in total. The summed E-state index contributed by atoms with van der Waals surface area (Å²) in [6, 6.07) is 0.